The summed E-state index contributed by atoms with van der Waals surface area (Å²) in [6.07, 6.45) is 3.10. The van der Waals surface area contributed by atoms with Gasteiger partial charge in [0.15, 0.2) is 0 Å². The Bertz CT molecular complexity index is 388. The van der Waals surface area contributed by atoms with Gasteiger partial charge in [-0.3, -0.25) is 4.79 Å². The van der Waals surface area contributed by atoms with Crippen LogP contribution in [0.15, 0.2) is 18.3 Å². The van der Waals surface area contributed by atoms with Crippen LogP contribution in [0.1, 0.15) is 12.0 Å². The van der Waals surface area contributed by atoms with Crippen LogP contribution in [0.25, 0.3) is 0 Å². The third-order valence-corrected chi connectivity index (χ3v) is 3.45. The highest BCUT2D eigenvalue weighted by Gasteiger charge is 2.30. The maximum atomic E-state index is 11.3. The molecule has 1 fully saturated rings. The van der Waals surface area contributed by atoms with Crippen molar-refractivity contribution in [3.8, 4) is 0 Å². The quantitative estimate of drug-likeness (QED) is 0.801. The molecule has 2 rings (SSSR count). The van der Waals surface area contributed by atoms with E-state index >= 15 is 0 Å². The van der Waals surface area contributed by atoms with Gasteiger partial charge in [-0.05, 0) is 43.5 Å². The summed E-state index contributed by atoms with van der Waals surface area (Å²) in [5.41, 5.74) is 0.925. The molecule has 0 bridgehead atoms. The Kier molecular flexibility index (Phi) is 3.97. The Morgan fingerprint density at radius 2 is 2.47 bits per heavy atom. The molecule has 1 aliphatic heterocycles. The van der Waals surface area contributed by atoms with Crippen molar-refractivity contribution in [2.45, 2.75) is 12.8 Å². The number of halogens is 1. The molecule has 1 aliphatic rings. The van der Waals surface area contributed by atoms with Crippen LogP contribution in [0.3, 0.4) is 0 Å². The van der Waals surface area contributed by atoms with Crippen LogP contribution in [0, 0.1) is 11.8 Å². The number of pyridine rings is 1. The normalized spacial score (nSPS) is 21.4. The van der Waals surface area contributed by atoms with E-state index in [1.54, 1.807) is 12.3 Å². The molecule has 1 aromatic heterocycles. The van der Waals surface area contributed by atoms with Crippen LogP contribution in [-0.2, 0) is 11.2 Å². The zero-order valence-corrected chi connectivity index (χ0v) is 10.2. The SMILES string of the molecule is O=C(O)C(Cc1ccc(Cl)nc1)[C@H]1CCNC1. The molecule has 5 heteroatoms. The van der Waals surface area contributed by atoms with Crippen LogP contribution in [0.4, 0.5) is 0 Å². The molecular formula is C12H15ClN2O2. The summed E-state index contributed by atoms with van der Waals surface area (Å²) in [5.74, 6) is -0.857. The predicted molar refractivity (Wildman–Crippen MR) is 65.1 cm³/mol. The minimum atomic E-state index is -0.728. The summed E-state index contributed by atoms with van der Waals surface area (Å²) in [7, 11) is 0. The number of nitrogens with zero attached hydrogens (tertiary/aromatic N) is 1. The number of carboxylic acids is 1. The van der Waals surface area contributed by atoms with Gasteiger partial charge in [-0.2, -0.15) is 0 Å². The van der Waals surface area contributed by atoms with Crippen LogP contribution >= 0.6 is 11.6 Å². The van der Waals surface area contributed by atoms with Crippen LogP contribution in [0.2, 0.25) is 5.15 Å². The number of hydrogen-bond donors (Lipinski definition) is 2. The predicted octanol–water partition coefficient (Wildman–Crippen LogP) is 1.59. The monoisotopic (exact) mass is 254 g/mol. The van der Waals surface area contributed by atoms with E-state index in [4.69, 9.17) is 11.6 Å². The molecule has 2 atom stereocenters. The minimum absolute atomic E-state index is 0.211. The molecule has 0 aromatic carbocycles. The lowest BCUT2D eigenvalue weighted by Gasteiger charge is -2.18. The van der Waals surface area contributed by atoms with Gasteiger partial charge in [0.25, 0.3) is 0 Å². The average molecular weight is 255 g/mol. The molecular weight excluding hydrogens is 240 g/mol. The van der Waals surface area contributed by atoms with E-state index < -0.39 is 5.97 Å². The lowest BCUT2D eigenvalue weighted by atomic mass is 9.86. The van der Waals surface area contributed by atoms with Gasteiger partial charge in [0.05, 0.1) is 5.92 Å². The van der Waals surface area contributed by atoms with Gasteiger partial charge in [-0.25, -0.2) is 4.98 Å². The topological polar surface area (TPSA) is 62.2 Å². The molecule has 2 N–H and O–H groups in total. The van der Waals surface area contributed by atoms with E-state index in [1.165, 1.54) is 0 Å². The number of hydrogen-bond acceptors (Lipinski definition) is 3. The number of aromatic nitrogens is 1. The van der Waals surface area contributed by atoms with Gasteiger partial charge in [0.2, 0.25) is 0 Å². The number of carbonyl (C=O) groups is 1. The van der Waals surface area contributed by atoms with E-state index in [1.807, 2.05) is 6.07 Å². The van der Waals surface area contributed by atoms with E-state index in [-0.39, 0.29) is 11.8 Å². The molecule has 0 radical (unpaired) electrons. The Morgan fingerprint density at radius 3 is 3.00 bits per heavy atom. The summed E-state index contributed by atoms with van der Waals surface area (Å²) in [5, 5.41) is 12.9. The average Bonchev–Trinajstić information content (AvgIpc) is 2.81. The van der Waals surface area contributed by atoms with Gasteiger partial charge in [0, 0.05) is 6.20 Å². The Labute approximate surface area is 105 Å². The molecule has 1 unspecified atom stereocenters. The highest BCUT2D eigenvalue weighted by atomic mass is 35.5. The summed E-state index contributed by atoms with van der Waals surface area (Å²) in [4.78, 5) is 15.3. The van der Waals surface area contributed by atoms with Crippen molar-refractivity contribution in [2.75, 3.05) is 13.1 Å². The van der Waals surface area contributed by atoms with Crippen molar-refractivity contribution < 1.29 is 9.90 Å². The van der Waals surface area contributed by atoms with Crippen molar-refractivity contribution in [3.05, 3.63) is 29.0 Å². The fourth-order valence-corrected chi connectivity index (χ4v) is 2.37. The molecule has 0 saturated carbocycles. The maximum absolute atomic E-state index is 11.3. The second kappa shape index (κ2) is 5.47. The van der Waals surface area contributed by atoms with Crippen molar-refractivity contribution in [1.29, 1.82) is 0 Å². The molecule has 0 amide bonds. The number of rotatable bonds is 4. The van der Waals surface area contributed by atoms with E-state index in [2.05, 4.69) is 10.3 Å². The summed E-state index contributed by atoms with van der Waals surface area (Å²) in [6.45, 7) is 1.70. The van der Waals surface area contributed by atoms with Crippen LogP contribution < -0.4 is 5.32 Å². The fraction of sp³-hybridized carbons (Fsp3) is 0.500. The molecule has 92 valence electrons. The van der Waals surface area contributed by atoms with Crippen molar-refractivity contribution >= 4 is 17.6 Å². The van der Waals surface area contributed by atoms with Crippen LogP contribution in [0.5, 0.6) is 0 Å². The molecule has 2 heterocycles. The van der Waals surface area contributed by atoms with Crippen molar-refractivity contribution in [3.63, 3.8) is 0 Å². The first-order chi connectivity index (χ1) is 8.16. The second-order valence-corrected chi connectivity index (χ2v) is 4.78. The zero-order chi connectivity index (χ0) is 12.3. The number of nitrogens with one attached hydrogen (secondary N) is 1. The van der Waals surface area contributed by atoms with Gasteiger partial charge >= 0.3 is 5.97 Å². The van der Waals surface area contributed by atoms with Crippen LogP contribution in [-0.4, -0.2) is 29.1 Å². The summed E-state index contributed by atoms with van der Waals surface area (Å²) < 4.78 is 0. The van der Waals surface area contributed by atoms with Crippen molar-refractivity contribution in [1.82, 2.24) is 10.3 Å². The molecule has 17 heavy (non-hydrogen) atoms. The van der Waals surface area contributed by atoms with Gasteiger partial charge in [-0.1, -0.05) is 17.7 Å². The smallest absolute Gasteiger partial charge is 0.307 e. The van der Waals surface area contributed by atoms with Gasteiger partial charge in [-0.15, -0.1) is 0 Å². The minimum Gasteiger partial charge on any atom is -0.481 e. The van der Waals surface area contributed by atoms with E-state index in [0.29, 0.717) is 11.6 Å². The molecule has 0 spiro atoms. The Hall–Kier alpha value is -1.13. The third-order valence-electron chi connectivity index (χ3n) is 3.23. The van der Waals surface area contributed by atoms with Gasteiger partial charge < -0.3 is 10.4 Å². The van der Waals surface area contributed by atoms with Gasteiger partial charge in [0.1, 0.15) is 5.15 Å². The number of aliphatic carboxylic acids is 1. The van der Waals surface area contributed by atoms with Crippen molar-refractivity contribution in [2.24, 2.45) is 11.8 Å². The molecule has 1 aromatic rings. The Morgan fingerprint density at radius 1 is 1.65 bits per heavy atom. The highest BCUT2D eigenvalue weighted by Crippen LogP contribution is 2.23. The first-order valence-electron chi connectivity index (χ1n) is 5.71. The van der Waals surface area contributed by atoms with E-state index in [9.17, 15) is 9.90 Å². The number of carboxylic acid groups (broad SMARTS) is 1. The lowest BCUT2D eigenvalue weighted by molar-refractivity contribution is -0.143. The maximum Gasteiger partial charge on any atom is 0.307 e. The van der Waals surface area contributed by atoms with E-state index in [0.717, 1.165) is 25.1 Å². The molecule has 1 saturated heterocycles. The summed E-state index contributed by atoms with van der Waals surface area (Å²) >= 11 is 5.70. The highest BCUT2D eigenvalue weighted by molar-refractivity contribution is 6.29. The first-order valence-corrected chi connectivity index (χ1v) is 6.08. The summed E-state index contributed by atoms with van der Waals surface area (Å²) in [6, 6.07) is 3.54. The second-order valence-electron chi connectivity index (χ2n) is 4.39. The zero-order valence-electron chi connectivity index (χ0n) is 9.40. The standard InChI is InChI=1S/C12H15ClN2O2/c13-11-2-1-8(6-15-11)5-10(12(16)17)9-3-4-14-7-9/h1-2,6,9-10,14H,3-5,7H2,(H,16,17)/t9-,10?/m0/s1. The lowest BCUT2D eigenvalue weighted by Crippen LogP contribution is -2.27. The largest absolute Gasteiger partial charge is 0.481 e. The molecule has 0 aliphatic carbocycles. The first kappa shape index (κ1) is 12.3. The molecule has 4 nitrogen and oxygen atoms in total. The third kappa shape index (κ3) is 3.17. The Balaban J connectivity index is 2.06. The fourth-order valence-electron chi connectivity index (χ4n) is 2.26.